The Hall–Kier alpha value is -1.39. The van der Waals surface area contributed by atoms with Gasteiger partial charge in [-0.2, -0.15) is 0 Å². The lowest BCUT2D eigenvalue weighted by atomic mass is 9.95. The van der Waals surface area contributed by atoms with Crippen molar-refractivity contribution in [3.63, 3.8) is 0 Å². The fourth-order valence-electron chi connectivity index (χ4n) is 2.10. The van der Waals surface area contributed by atoms with E-state index in [1.807, 2.05) is 25.1 Å². The maximum absolute atomic E-state index is 13.4. The first-order valence-electron chi connectivity index (χ1n) is 5.88. The average molecular weight is 324 g/mol. The van der Waals surface area contributed by atoms with Gasteiger partial charge in [0.05, 0.1) is 13.2 Å². The molecule has 2 aromatic carbocycles. The largest absolute Gasteiger partial charge is 0.496 e. The van der Waals surface area contributed by atoms with Gasteiger partial charge in [0.2, 0.25) is 0 Å². The molecule has 0 aliphatic carbocycles. The number of rotatable bonds is 3. The molecule has 0 aromatic heterocycles. The van der Waals surface area contributed by atoms with Crippen LogP contribution in [-0.4, -0.2) is 7.11 Å². The first kappa shape index (κ1) is 14.0. The number of hydrogen-bond donors (Lipinski definition) is 1. The third-order valence-corrected chi connectivity index (χ3v) is 3.59. The summed E-state index contributed by atoms with van der Waals surface area (Å²) in [5.41, 5.74) is 8.90. The Morgan fingerprint density at radius 3 is 2.53 bits per heavy atom. The first-order chi connectivity index (χ1) is 9.02. The van der Waals surface area contributed by atoms with E-state index in [2.05, 4.69) is 15.9 Å². The molecule has 0 aliphatic rings. The first-order valence-corrected chi connectivity index (χ1v) is 6.67. The standard InChI is InChI=1S/C15H15BrFNO/c1-9-7-10(16)3-5-12(9)15(18)13-8-11(17)4-6-14(13)19-2/h3-8,15H,18H2,1-2H3. The zero-order valence-corrected chi connectivity index (χ0v) is 12.4. The van der Waals surface area contributed by atoms with Crippen LogP contribution in [0.4, 0.5) is 4.39 Å². The van der Waals surface area contributed by atoms with Crippen molar-refractivity contribution in [3.05, 3.63) is 63.4 Å². The molecule has 0 heterocycles. The third-order valence-electron chi connectivity index (χ3n) is 3.09. The Morgan fingerprint density at radius 2 is 1.89 bits per heavy atom. The minimum Gasteiger partial charge on any atom is -0.496 e. The van der Waals surface area contributed by atoms with Crippen LogP contribution >= 0.6 is 15.9 Å². The second-order valence-electron chi connectivity index (χ2n) is 4.36. The predicted octanol–water partition coefficient (Wildman–Crippen LogP) is 3.95. The van der Waals surface area contributed by atoms with E-state index >= 15 is 0 Å². The summed E-state index contributed by atoms with van der Waals surface area (Å²) in [6.07, 6.45) is 0. The summed E-state index contributed by atoms with van der Waals surface area (Å²) < 4.78 is 19.6. The minimum absolute atomic E-state index is 0.319. The van der Waals surface area contributed by atoms with Crippen LogP contribution in [0.5, 0.6) is 5.75 Å². The van der Waals surface area contributed by atoms with E-state index in [-0.39, 0.29) is 5.82 Å². The van der Waals surface area contributed by atoms with Gasteiger partial charge in [-0.3, -0.25) is 0 Å². The molecule has 19 heavy (non-hydrogen) atoms. The zero-order chi connectivity index (χ0) is 14.0. The molecule has 0 amide bonds. The molecule has 0 saturated carbocycles. The molecule has 2 aromatic rings. The van der Waals surface area contributed by atoms with E-state index in [1.54, 1.807) is 13.2 Å². The summed E-state index contributed by atoms with van der Waals surface area (Å²) in [4.78, 5) is 0. The Balaban J connectivity index is 2.49. The smallest absolute Gasteiger partial charge is 0.124 e. The summed E-state index contributed by atoms with van der Waals surface area (Å²) >= 11 is 3.42. The third kappa shape index (κ3) is 2.96. The van der Waals surface area contributed by atoms with Gasteiger partial charge in [-0.1, -0.05) is 22.0 Å². The maximum atomic E-state index is 13.4. The summed E-state index contributed by atoms with van der Waals surface area (Å²) in [6.45, 7) is 1.98. The fourth-order valence-corrected chi connectivity index (χ4v) is 2.58. The highest BCUT2D eigenvalue weighted by atomic mass is 79.9. The van der Waals surface area contributed by atoms with Crippen molar-refractivity contribution in [2.24, 2.45) is 5.73 Å². The lowest BCUT2D eigenvalue weighted by molar-refractivity contribution is 0.406. The number of nitrogens with two attached hydrogens (primary N) is 1. The van der Waals surface area contributed by atoms with Gasteiger partial charge in [0.1, 0.15) is 11.6 Å². The molecule has 4 heteroatoms. The van der Waals surface area contributed by atoms with E-state index in [4.69, 9.17) is 10.5 Å². The molecule has 2 nitrogen and oxygen atoms in total. The number of hydrogen-bond acceptors (Lipinski definition) is 2. The van der Waals surface area contributed by atoms with Crippen LogP contribution in [0.3, 0.4) is 0 Å². The van der Waals surface area contributed by atoms with Crippen LogP contribution in [0.15, 0.2) is 40.9 Å². The molecule has 0 spiro atoms. The molecule has 1 atom stereocenters. The molecule has 2 rings (SSSR count). The molecular weight excluding hydrogens is 309 g/mol. The SMILES string of the molecule is COc1ccc(F)cc1C(N)c1ccc(Br)cc1C. The predicted molar refractivity (Wildman–Crippen MR) is 77.9 cm³/mol. The topological polar surface area (TPSA) is 35.2 Å². The van der Waals surface area contributed by atoms with Gasteiger partial charge in [0.25, 0.3) is 0 Å². The van der Waals surface area contributed by atoms with Crippen molar-refractivity contribution in [2.75, 3.05) is 7.11 Å². The van der Waals surface area contributed by atoms with E-state index in [1.165, 1.54) is 12.1 Å². The molecular formula is C15H15BrFNO. The monoisotopic (exact) mass is 323 g/mol. The van der Waals surface area contributed by atoms with Crippen LogP contribution in [0, 0.1) is 12.7 Å². The Bertz CT molecular complexity index is 601. The number of ether oxygens (including phenoxy) is 1. The van der Waals surface area contributed by atoms with Crippen LogP contribution in [0.1, 0.15) is 22.7 Å². The van der Waals surface area contributed by atoms with Gasteiger partial charge < -0.3 is 10.5 Å². The van der Waals surface area contributed by atoms with Gasteiger partial charge >= 0.3 is 0 Å². The van der Waals surface area contributed by atoms with Crippen molar-refractivity contribution in [1.29, 1.82) is 0 Å². The number of halogens is 2. The highest BCUT2D eigenvalue weighted by molar-refractivity contribution is 9.10. The molecule has 2 N–H and O–H groups in total. The molecule has 0 saturated heterocycles. The fraction of sp³-hybridized carbons (Fsp3) is 0.200. The van der Waals surface area contributed by atoms with Crippen molar-refractivity contribution in [3.8, 4) is 5.75 Å². The summed E-state index contributed by atoms with van der Waals surface area (Å²) in [7, 11) is 1.55. The van der Waals surface area contributed by atoms with Gasteiger partial charge in [-0.15, -0.1) is 0 Å². The molecule has 100 valence electrons. The van der Waals surface area contributed by atoms with Crippen molar-refractivity contribution in [1.82, 2.24) is 0 Å². The van der Waals surface area contributed by atoms with Gasteiger partial charge in [-0.25, -0.2) is 4.39 Å². The van der Waals surface area contributed by atoms with Crippen LogP contribution < -0.4 is 10.5 Å². The quantitative estimate of drug-likeness (QED) is 0.928. The van der Waals surface area contributed by atoms with E-state index in [9.17, 15) is 4.39 Å². The normalized spacial score (nSPS) is 12.3. The van der Waals surface area contributed by atoms with E-state index in [0.29, 0.717) is 11.3 Å². The molecule has 0 bridgehead atoms. The second-order valence-corrected chi connectivity index (χ2v) is 5.28. The highest BCUT2D eigenvalue weighted by Gasteiger charge is 2.16. The van der Waals surface area contributed by atoms with Crippen molar-refractivity contribution in [2.45, 2.75) is 13.0 Å². The Kier molecular flexibility index (Phi) is 4.22. The van der Waals surface area contributed by atoms with Gasteiger partial charge in [0.15, 0.2) is 0 Å². The highest BCUT2D eigenvalue weighted by Crippen LogP contribution is 2.31. The number of benzene rings is 2. The van der Waals surface area contributed by atoms with Gasteiger partial charge in [0, 0.05) is 10.0 Å². The Morgan fingerprint density at radius 1 is 1.16 bits per heavy atom. The minimum atomic E-state index is -0.418. The Labute approximate surface area is 120 Å². The van der Waals surface area contributed by atoms with E-state index in [0.717, 1.165) is 15.6 Å². The van der Waals surface area contributed by atoms with Gasteiger partial charge in [-0.05, 0) is 48.4 Å². The number of aryl methyl sites for hydroxylation is 1. The summed E-state index contributed by atoms with van der Waals surface area (Å²) in [6, 6.07) is 9.81. The maximum Gasteiger partial charge on any atom is 0.124 e. The van der Waals surface area contributed by atoms with E-state index < -0.39 is 6.04 Å². The van der Waals surface area contributed by atoms with Crippen LogP contribution in [0.2, 0.25) is 0 Å². The average Bonchev–Trinajstić information content (AvgIpc) is 2.38. The molecule has 1 unspecified atom stereocenters. The molecule has 0 aliphatic heterocycles. The van der Waals surface area contributed by atoms with Crippen LogP contribution in [0.25, 0.3) is 0 Å². The van der Waals surface area contributed by atoms with Crippen molar-refractivity contribution < 1.29 is 9.13 Å². The summed E-state index contributed by atoms with van der Waals surface area (Å²) in [5, 5.41) is 0. The summed E-state index contributed by atoms with van der Waals surface area (Å²) in [5.74, 6) is 0.275. The molecule has 0 fully saturated rings. The van der Waals surface area contributed by atoms with Crippen LogP contribution in [-0.2, 0) is 0 Å². The lowest BCUT2D eigenvalue weighted by Gasteiger charge is -2.18. The zero-order valence-electron chi connectivity index (χ0n) is 10.8. The molecule has 0 radical (unpaired) electrons. The number of methoxy groups -OCH3 is 1. The van der Waals surface area contributed by atoms with Crippen molar-refractivity contribution >= 4 is 15.9 Å². The second kappa shape index (κ2) is 5.72. The lowest BCUT2D eigenvalue weighted by Crippen LogP contribution is -2.14.